The maximum absolute atomic E-state index is 14.7. The van der Waals surface area contributed by atoms with E-state index in [-0.39, 0.29) is 29.9 Å². The van der Waals surface area contributed by atoms with E-state index in [0.29, 0.717) is 142 Å². The fourth-order valence-corrected chi connectivity index (χ4v) is 18.7. The third kappa shape index (κ3) is 20.6. The quantitative estimate of drug-likeness (QED) is 0.0568. The molecule has 4 fully saturated rings. The van der Waals surface area contributed by atoms with Crippen LogP contribution in [-0.2, 0) is 35.8 Å². The number of methoxy groups -OCH3 is 3. The summed E-state index contributed by atoms with van der Waals surface area (Å²) in [6.07, 6.45) is 10.6. The Hall–Kier alpha value is -15.2. The van der Waals surface area contributed by atoms with E-state index in [1.165, 1.54) is 11.4 Å². The fraction of sp³-hybridized carbons (Fsp3) is 0.350. The van der Waals surface area contributed by atoms with Crippen molar-refractivity contribution in [1.29, 1.82) is 0 Å². The molecule has 0 bridgehead atoms. The van der Waals surface area contributed by atoms with Crippen molar-refractivity contribution in [3.8, 4) is 17.2 Å². The number of anilines is 19. The lowest BCUT2D eigenvalue weighted by Crippen LogP contribution is -2.48. The summed E-state index contributed by atoms with van der Waals surface area (Å²) in [7, 11) is 13.2. The van der Waals surface area contributed by atoms with Gasteiger partial charge in [0.05, 0.1) is 94.0 Å². The number of pyridine rings is 1. The predicted octanol–water partition coefficient (Wildman–Crippen LogP) is 15.4. The van der Waals surface area contributed by atoms with Gasteiger partial charge in [-0.05, 0) is 188 Å². The van der Waals surface area contributed by atoms with Crippen molar-refractivity contribution < 1.29 is 38.2 Å². The Labute approximate surface area is 805 Å². The molecule has 12 heterocycles. The van der Waals surface area contributed by atoms with Gasteiger partial charge in [0.2, 0.25) is 29.7 Å². The number of aromatic nitrogens is 9. The summed E-state index contributed by atoms with van der Waals surface area (Å²) in [4.78, 5) is 130. The van der Waals surface area contributed by atoms with Crippen LogP contribution >= 0.6 is 0 Å². The second-order valence-electron chi connectivity index (χ2n) is 36.1. The molecule has 35 heteroatoms. The first-order valence-corrected chi connectivity index (χ1v) is 46.8. The molecule has 0 unspecified atom stereocenters. The van der Waals surface area contributed by atoms with Gasteiger partial charge in [-0.25, -0.2) is 49.0 Å². The first-order chi connectivity index (χ1) is 66.7. The van der Waals surface area contributed by atoms with Gasteiger partial charge in [-0.2, -0.15) is 20.1 Å². The Morgan fingerprint density at radius 2 is 0.732 bits per heavy atom. The molecule has 7 aliphatic rings. The number of nitrogens with one attached hydrogen (secondary N) is 3. The zero-order valence-corrected chi connectivity index (χ0v) is 81.2. The third-order valence-corrected chi connectivity index (χ3v) is 26.4. The SMILES string of the molecule is COc1cc(N2CCN(C(C)=O)CC2)ccc1N1C(=O)N(c2c(C)cccc2C)Cc2cnc(Nc3ccc(N4CCN(C)CC4)cc3)nc21.COc1cc(N2CCN(C(C)=O)CC2)ccc1N1C(=O)N(c2c(C)cccc2C)Cc2cnc(Nc3cnn(CCN(C)C)c3)nc21.COc1ccc(N2C(=O)N(c3c(C)cccc3C)Cc3cnc(Nc4ccc(N5CCN(C)CC5)cc4)nc32)nc1. The number of piperazine rings is 4. The number of hydrogen-bond donors (Lipinski definition) is 3. The monoisotopic (exact) mass is 1860 g/mol. The molecule has 0 saturated carbocycles. The van der Waals surface area contributed by atoms with Crippen molar-refractivity contribution in [3.05, 3.63) is 239 Å². The second-order valence-corrected chi connectivity index (χ2v) is 36.1. The molecule has 19 rings (SSSR count). The van der Waals surface area contributed by atoms with Gasteiger partial charge in [-0.15, -0.1) is 0 Å². The highest BCUT2D eigenvalue weighted by molar-refractivity contribution is 6.14. The molecule has 0 radical (unpaired) electrons. The standard InChI is InChI=1S/C38H45N9O3.C34H42N10O3.C31H34N8O2/c1-26-7-6-8-27(2)35(26)46-25-29-24-39-37(40-30-9-11-31(12-10-30)44-17-15-42(4)16-18-44)41-36(29)47(38(46)49)33-14-13-32(23-34(33)50-5)45-21-19-43(20-22-45)28(3)48;1-23-8-7-9-24(2)31(23)43-21-26-19-35-33(37-27-20-36-42(22-27)17-12-39(4)5)38-32(26)44(34(43)46)29-11-10-28(18-30(29)47-6)41-15-13-40(14-16-41)25(3)45;1-21-6-5-7-22(2)28(21)38-20-23-18-33-30(34-24-8-10-25(11-9-24)37-16-14-36(3)15-17-37)35-29(23)39(31(38)40)27-13-12-26(41-4)19-32-27/h6-14,23-24H,15-22,25H2,1-5H3,(H,39,40,41);7-11,18-20,22H,12-17,21H2,1-6H3,(H,35,37,38);5-13,18-19H,14-17,20H2,1-4H3,(H,33,34,35). The van der Waals surface area contributed by atoms with E-state index < -0.39 is 0 Å². The van der Waals surface area contributed by atoms with Crippen LogP contribution in [0.3, 0.4) is 0 Å². The third-order valence-electron chi connectivity index (χ3n) is 26.4. The number of urea groups is 3. The molecular weight excluding hydrogens is 1740 g/mol. The van der Waals surface area contributed by atoms with Crippen LogP contribution in [0.5, 0.6) is 17.2 Å². The highest BCUT2D eigenvalue weighted by Gasteiger charge is 2.42. The predicted molar refractivity (Wildman–Crippen MR) is 544 cm³/mol. The highest BCUT2D eigenvalue weighted by atomic mass is 16.5. The Bertz CT molecular complexity index is 6370. The molecule has 0 atom stereocenters. The van der Waals surface area contributed by atoms with E-state index >= 15 is 0 Å². The van der Waals surface area contributed by atoms with Crippen molar-refractivity contribution in [2.75, 3.05) is 226 Å². The van der Waals surface area contributed by atoms with Gasteiger partial charge < -0.3 is 74.3 Å². The Morgan fingerprint density at radius 1 is 0.384 bits per heavy atom. The number of aryl methyl sites for hydroxylation is 6. The van der Waals surface area contributed by atoms with Crippen LogP contribution in [-0.4, -0.2) is 260 Å². The van der Waals surface area contributed by atoms with Crippen LogP contribution in [0.15, 0.2) is 189 Å². The van der Waals surface area contributed by atoms with E-state index in [0.717, 1.165) is 161 Å². The van der Waals surface area contributed by atoms with Crippen LogP contribution in [0.2, 0.25) is 0 Å². The number of rotatable bonds is 22. The molecule has 35 nitrogen and oxygen atoms in total. The van der Waals surface area contributed by atoms with Gasteiger partial charge in [0, 0.05) is 213 Å². The van der Waals surface area contributed by atoms with Gasteiger partial charge in [0.1, 0.15) is 23.1 Å². The molecule has 12 aromatic rings. The maximum atomic E-state index is 14.7. The summed E-state index contributed by atoms with van der Waals surface area (Å²) in [5.74, 6) is 4.96. The Kier molecular flexibility index (Phi) is 28.5. The summed E-state index contributed by atoms with van der Waals surface area (Å²) < 4.78 is 19.1. The van der Waals surface area contributed by atoms with Gasteiger partial charge in [-0.3, -0.25) is 29.0 Å². The van der Waals surface area contributed by atoms with Crippen LogP contribution in [0.4, 0.5) is 124 Å². The minimum Gasteiger partial charge on any atom is -0.495 e. The minimum atomic E-state index is -0.239. The number of likely N-dealkylation sites (N-methyl/N-ethyl adjacent to an activating group) is 3. The molecule has 716 valence electrons. The van der Waals surface area contributed by atoms with Gasteiger partial charge in [0.15, 0.2) is 17.5 Å². The fourth-order valence-electron chi connectivity index (χ4n) is 18.7. The zero-order valence-electron chi connectivity index (χ0n) is 81.2. The summed E-state index contributed by atoms with van der Waals surface area (Å²) in [5, 5.41) is 14.4. The lowest BCUT2D eigenvalue weighted by molar-refractivity contribution is -0.129. The molecular formula is C103H121N27O8. The molecule has 3 N–H and O–H groups in total. The number of fused-ring (bicyclic) bond motifs is 3. The van der Waals surface area contributed by atoms with Crippen LogP contribution in [0.1, 0.15) is 63.9 Å². The molecule has 8 amide bonds. The van der Waals surface area contributed by atoms with Crippen molar-refractivity contribution in [2.45, 2.75) is 81.6 Å². The number of nitrogens with zero attached hydrogens (tertiary/aromatic N) is 24. The molecule has 0 aliphatic carbocycles. The largest absolute Gasteiger partial charge is 0.495 e. The molecule has 138 heavy (non-hydrogen) atoms. The van der Waals surface area contributed by atoms with Gasteiger partial charge in [0.25, 0.3) is 0 Å². The highest BCUT2D eigenvalue weighted by Crippen LogP contribution is 2.47. The number of para-hydroxylation sites is 3. The topological polar surface area (TPSA) is 306 Å². The Balaban J connectivity index is 0.000000144. The zero-order chi connectivity index (χ0) is 96.7. The average molecular weight is 1870 g/mol. The summed E-state index contributed by atoms with van der Waals surface area (Å²) in [6, 6.07) is 49.3. The normalized spacial score (nSPS) is 15.8. The van der Waals surface area contributed by atoms with Crippen LogP contribution < -0.4 is 79.2 Å². The lowest BCUT2D eigenvalue weighted by Gasteiger charge is -2.38. The summed E-state index contributed by atoms with van der Waals surface area (Å²) in [6.45, 7) is 31.6. The first-order valence-electron chi connectivity index (χ1n) is 46.8. The van der Waals surface area contributed by atoms with Crippen molar-refractivity contribution in [1.82, 2.24) is 69.2 Å². The van der Waals surface area contributed by atoms with E-state index in [2.05, 4.69) is 109 Å². The summed E-state index contributed by atoms with van der Waals surface area (Å²) in [5.41, 5.74) is 19.0. The number of amides is 8. The van der Waals surface area contributed by atoms with E-state index in [9.17, 15) is 24.0 Å². The van der Waals surface area contributed by atoms with Crippen LogP contribution in [0.25, 0.3) is 0 Å². The molecule has 7 aliphatic heterocycles. The van der Waals surface area contributed by atoms with E-state index in [1.54, 1.807) is 108 Å². The molecule has 0 spiro atoms. The number of hydrogen-bond acceptors (Lipinski definition) is 26. The Morgan fingerprint density at radius 3 is 1.08 bits per heavy atom. The van der Waals surface area contributed by atoms with Gasteiger partial charge >= 0.3 is 18.1 Å². The first kappa shape index (κ1) is 94.5. The minimum absolute atomic E-state index is 0.0855. The van der Waals surface area contributed by atoms with E-state index in [4.69, 9.17) is 34.1 Å². The smallest absolute Gasteiger partial charge is 0.336 e. The van der Waals surface area contributed by atoms with E-state index in [1.807, 2.05) is 192 Å². The molecule has 5 aromatic heterocycles. The van der Waals surface area contributed by atoms with Crippen LogP contribution in [0, 0.1) is 41.5 Å². The summed E-state index contributed by atoms with van der Waals surface area (Å²) >= 11 is 0. The molecule has 7 aromatic carbocycles. The number of carbonyl (C=O) groups is 5. The second kappa shape index (κ2) is 41.5. The van der Waals surface area contributed by atoms with Crippen molar-refractivity contribution in [2.24, 2.45) is 0 Å². The average Bonchev–Trinajstić information content (AvgIpc) is 0.833. The number of benzene rings is 7. The number of carbonyl (C=O) groups excluding carboxylic acids is 5. The molecule has 4 saturated heterocycles. The number of ether oxygens (including phenoxy) is 3. The van der Waals surface area contributed by atoms with Crippen molar-refractivity contribution in [3.63, 3.8) is 0 Å². The maximum Gasteiger partial charge on any atom is 0.336 e. The lowest BCUT2D eigenvalue weighted by atomic mass is 10.1. The van der Waals surface area contributed by atoms with Gasteiger partial charge in [-0.1, -0.05) is 54.6 Å². The van der Waals surface area contributed by atoms with Crippen molar-refractivity contribution >= 4 is 139 Å².